The summed E-state index contributed by atoms with van der Waals surface area (Å²) in [7, 11) is 1.16. The van der Waals surface area contributed by atoms with E-state index in [0.29, 0.717) is 5.69 Å². The molecule has 0 aliphatic heterocycles. The molecule has 0 aliphatic carbocycles. The van der Waals surface area contributed by atoms with Crippen LogP contribution in [0.5, 0.6) is 0 Å². The van der Waals surface area contributed by atoms with E-state index in [0.717, 1.165) is 17.1 Å². The topological polar surface area (TPSA) is 55.4 Å². The number of ether oxygens (including phenoxy) is 1. The Morgan fingerprint density at radius 2 is 2.00 bits per heavy atom. The first-order valence-corrected chi connectivity index (χ1v) is 4.98. The predicted molar refractivity (Wildman–Crippen MR) is 59.5 cm³/mol. The standard InChI is InChI=1S/C10H10BrNO3/c1-6-3-7(11)5-8(4-6)12-9(13)10(14)15-2/h3-5H,1-2H3,(H,12,13). The van der Waals surface area contributed by atoms with Crippen molar-refractivity contribution in [3.63, 3.8) is 0 Å². The van der Waals surface area contributed by atoms with Crippen LogP contribution in [-0.2, 0) is 14.3 Å². The van der Waals surface area contributed by atoms with E-state index in [1.807, 2.05) is 13.0 Å². The Morgan fingerprint density at radius 1 is 1.33 bits per heavy atom. The Balaban J connectivity index is 2.81. The van der Waals surface area contributed by atoms with Gasteiger partial charge >= 0.3 is 11.9 Å². The molecule has 0 radical (unpaired) electrons. The smallest absolute Gasteiger partial charge is 0.396 e. The van der Waals surface area contributed by atoms with Gasteiger partial charge in [-0.15, -0.1) is 0 Å². The van der Waals surface area contributed by atoms with Crippen LogP contribution < -0.4 is 5.32 Å². The van der Waals surface area contributed by atoms with Gasteiger partial charge in [0.25, 0.3) is 0 Å². The monoisotopic (exact) mass is 271 g/mol. The van der Waals surface area contributed by atoms with Crippen molar-refractivity contribution in [3.05, 3.63) is 28.2 Å². The molecule has 0 saturated carbocycles. The number of methoxy groups -OCH3 is 1. The predicted octanol–water partition coefficient (Wildman–Crippen LogP) is 1.87. The molecule has 0 aromatic heterocycles. The molecule has 0 bridgehead atoms. The fourth-order valence-electron chi connectivity index (χ4n) is 1.08. The summed E-state index contributed by atoms with van der Waals surface area (Å²) in [5.74, 6) is -1.69. The van der Waals surface area contributed by atoms with Crippen LogP contribution in [0.2, 0.25) is 0 Å². The fraction of sp³-hybridized carbons (Fsp3) is 0.200. The van der Waals surface area contributed by atoms with Crippen molar-refractivity contribution >= 4 is 33.5 Å². The van der Waals surface area contributed by atoms with Gasteiger partial charge < -0.3 is 10.1 Å². The van der Waals surface area contributed by atoms with Crippen LogP contribution in [0.25, 0.3) is 0 Å². The zero-order chi connectivity index (χ0) is 11.4. The molecule has 0 heterocycles. The molecule has 0 saturated heterocycles. The summed E-state index contributed by atoms with van der Waals surface area (Å²) < 4.78 is 5.12. The molecule has 0 spiro atoms. The third kappa shape index (κ3) is 3.36. The molecule has 1 aromatic carbocycles. The number of rotatable bonds is 1. The van der Waals surface area contributed by atoms with Crippen LogP contribution in [0.4, 0.5) is 5.69 Å². The van der Waals surface area contributed by atoms with Crippen molar-refractivity contribution in [2.45, 2.75) is 6.92 Å². The van der Waals surface area contributed by atoms with E-state index in [9.17, 15) is 9.59 Å². The zero-order valence-corrected chi connectivity index (χ0v) is 9.92. The third-order valence-electron chi connectivity index (χ3n) is 1.67. The normalized spacial score (nSPS) is 9.53. The first-order chi connectivity index (χ1) is 7.02. The van der Waals surface area contributed by atoms with Crippen molar-refractivity contribution < 1.29 is 14.3 Å². The number of carbonyl (C=O) groups is 2. The summed E-state index contributed by atoms with van der Waals surface area (Å²) in [6.07, 6.45) is 0. The van der Waals surface area contributed by atoms with Crippen LogP contribution >= 0.6 is 15.9 Å². The molecule has 1 rings (SSSR count). The van der Waals surface area contributed by atoms with E-state index in [1.165, 1.54) is 0 Å². The van der Waals surface area contributed by atoms with Gasteiger partial charge in [0.2, 0.25) is 0 Å². The van der Waals surface area contributed by atoms with Crippen molar-refractivity contribution in [3.8, 4) is 0 Å². The minimum Gasteiger partial charge on any atom is -0.462 e. The van der Waals surface area contributed by atoms with Gasteiger partial charge in [0.15, 0.2) is 0 Å². The quantitative estimate of drug-likeness (QED) is 0.627. The molecule has 1 amide bonds. The summed E-state index contributed by atoms with van der Waals surface area (Å²) in [5.41, 5.74) is 1.53. The highest BCUT2D eigenvalue weighted by molar-refractivity contribution is 9.10. The van der Waals surface area contributed by atoms with Gasteiger partial charge in [-0.1, -0.05) is 15.9 Å². The number of benzene rings is 1. The van der Waals surface area contributed by atoms with Crippen molar-refractivity contribution in [2.75, 3.05) is 12.4 Å². The Labute approximate surface area is 95.7 Å². The summed E-state index contributed by atoms with van der Waals surface area (Å²) in [4.78, 5) is 22.0. The van der Waals surface area contributed by atoms with Gasteiger partial charge in [-0.3, -0.25) is 4.79 Å². The first-order valence-electron chi connectivity index (χ1n) is 4.19. The maximum absolute atomic E-state index is 11.2. The van der Waals surface area contributed by atoms with Crippen LogP contribution in [-0.4, -0.2) is 19.0 Å². The number of hydrogen-bond donors (Lipinski definition) is 1. The highest BCUT2D eigenvalue weighted by Crippen LogP contribution is 2.18. The van der Waals surface area contributed by atoms with Gasteiger partial charge in [-0.2, -0.15) is 0 Å². The fourth-order valence-corrected chi connectivity index (χ4v) is 1.69. The Kier molecular flexibility index (Phi) is 3.85. The zero-order valence-electron chi connectivity index (χ0n) is 8.33. The molecular formula is C10H10BrNO3. The van der Waals surface area contributed by atoms with Gasteiger partial charge in [0, 0.05) is 10.2 Å². The molecular weight excluding hydrogens is 262 g/mol. The molecule has 0 atom stereocenters. The van der Waals surface area contributed by atoms with Crippen LogP contribution in [0.15, 0.2) is 22.7 Å². The minimum absolute atomic E-state index is 0.553. The Hall–Kier alpha value is -1.36. The lowest BCUT2D eigenvalue weighted by molar-refractivity contribution is -0.150. The summed E-state index contributed by atoms with van der Waals surface area (Å²) in [6, 6.07) is 5.35. The lowest BCUT2D eigenvalue weighted by Gasteiger charge is -2.05. The number of hydrogen-bond acceptors (Lipinski definition) is 3. The molecule has 1 aromatic rings. The second kappa shape index (κ2) is 4.93. The largest absolute Gasteiger partial charge is 0.462 e. The lowest BCUT2D eigenvalue weighted by Crippen LogP contribution is -2.23. The molecule has 80 valence electrons. The number of carbonyl (C=O) groups excluding carboxylic acids is 2. The van der Waals surface area contributed by atoms with Gasteiger partial charge in [0.05, 0.1) is 7.11 Å². The van der Waals surface area contributed by atoms with Crippen molar-refractivity contribution in [1.82, 2.24) is 0 Å². The molecule has 5 heteroatoms. The summed E-state index contributed by atoms with van der Waals surface area (Å²) >= 11 is 3.29. The average molecular weight is 272 g/mol. The molecule has 0 unspecified atom stereocenters. The summed E-state index contributed by atoms with van der Waals surface area (Å²) in [6.45, 7) is 1.89. The third-order valence-corrected chi connectivity index (χ3v) is 2.13. The Morgan fingerprint density at radius 3 is 2.53 bits per heavy atom. The van der Waals surface area contributed by atoms with E-state index in [2.05, 4.69) is 26.0 Å². The van der Waals surface area contributed by atoms with Crippen LogP contribution in [0.1, 0.15) is 5.56 Å². The number of anilines is 1. The van der Waals surface area contributed by atoms with Gasteiger partial charge in [-0.05, 0) is 30.7 Å². The highest BCUT2D eigenvalue weighted by atomic mass is 79.9. The maximum Gasteiger partial charge on any atom is 0.396 e. The second-order valence-electron chi connectivity index (χ2n) is 2.96. The van der Waals surface area contributed by atoms with Crippen LogP contribution in [0.3, 0.4) is 0 Å². The number of aryl methyl sites for hydroxylation is 1. The van der Waals surface area contributed by atoms with Crippen molar-refractivity contribution in [2.24, 2.45) is 0 Å². The van der Waals surface area contributed by atoms with Gasteiger partial charge in [0.1, 0.15) is 0 Å². The van der Waals surface area contributed by atoms with E-state index in [-0.39, 0.29) is 0 Å². The van der Waals surface area contributed by atoms with E-state index < -0.39 is 11.9 Å². The second-order valence-corrected chi connectivity index (χ2v) is 3.88. The minimum atomic E-state index is -0.910. The maximum atomic E-state index is 11.2. The molecule has 4 nitrogen and oxygen atoms in total. The van der Waals surface area contributed by atoms with Gasteiger partial charge in [-0.25, -0.2) is 4.79 Å². The summed E-state index contributed by atoms with van der Waals surface area (Å²) in [5, 5.41) is 2.43. The van der Waals surface area contributed by atoms with E-state index in [1.54, 1.807) is 12.1 Å². The highest BCUT2D eigenvalue weighted by Gasteiger charge is 2.13. The van der Waals surface area contributed by atoms with Crippen LogP contribution in [0, 0.1) is 6.92 Å². The van der Waals surface area contributed by atoms with E-state index in [4.69, 9.17) is 0 Å². The average Bonchev–Trinajstić information content (AvgIpc) is 2.14. The lowest BCUT2D eigenvalue weighted by atomic mass is 10.2. The Bertz CT molecular complexity index is 383. The number of halogens is 1. The molecule has 0 aliphatic rings. The number of esters is 1. The van der Waals surface area contributed by atoms with E-state index >= 15 is 0 Å². The number of amides is 1. The molecule has 0 fully saturated rings. The SMILES string of the molecule is COC(=O)C(=O)Nc1cc(C)cc(Br)c1. The molecule has 1 N–H and O–H groups in total. The van der Waals surface area contributed by atoms with Crippen molar-refractivity contribution in [1.29, 1.82) is 0 Å². The number of nitrogens with one attached hydrogen (secondary N) is 1. The molecule has 15 heavy (non-hydrogen) atoms. The first kappa shape index (κ1) is 11.7.